The van der Waals surface area contributed by atoms with Crippen LogP contribution in [0.3, 0.4) is 0 Å². The van der Waals surface area contributed by atoms with Gasteiger partial charge in [0, 0.05) is 5.54 Å². The van der Waals surface area contributed by atoms with Crippen LogP contribution >= 0.6 is 0 Å². The second kappa shape index (κ2) is 4.78. The Labute approximate surface area is 86.2 Å². The van der Waals surface area contributed by atoms with E-state index in [2.05, 4.69) is 0 Å². The summed E-state index contributed by atoms with van der Waals surface area (Å²) in [6, 6.07) is 0. The summed E-state index contributed by atoms with van der Waals surface area (Å²) in [7, 11) is 0. The number of primary amides is 1. The third-order valence-electron chi connectivity index (χ3n) is 3.57. The molecule has 1 aliphatic rings. The van der Waals surface area contributed by atoms with Crippen LogP contribution in [0, 0.1) is 5.92 Å². The molecule has 0 heterocycles. The lowest BCUT2D eigenvalue weighted by Crippen LogP contribution is -2.51. The minimum atomic E-state index is -0.341. The van der Waals surface area contributed by atoms with Crippen LogP contribution in [0.1, 0.15) is 51.9 Å². The second-order valence-corrected chi connectivity index (χ2v) is 4.62. The van der Waals surface area contributed by atoms with E-state index in [9.17, 15) is 4.79 Å². The molecule has 82 valence electrons. The van der Waals surface area contributed by atoms with Gasteiger partial charge in [-0.05, 0) is 12.8 Å². The SMILES string of the molecule is CC(C(N)=O)C1(N)CCCCCCC1. The van der Waals surface area contributed by atoms with Gasteiger partial charge in [-0.2, -0.15) is 0 Å². The van der Waals surface area contributed by atoms with Gasteiger partial charge < -0.3 is 11.5 Å². The molecular formula is C11H22N2O. The molecule has 0 radical (unpaired) electrons. The van der Waals surface area contributed by atoms with Crippen molar-refractivity contribution in [2.45, 2.75) is 57.4 Å². The van der Waals surface area contributed by atoms with Crippen LogP contribution in [-0.2, 0) is 4.79 Å². The third-order valence-corrected chi connectivity index (χ3v) is 3.57. The van der Waals surface area contributed by atoms with E-state index in [1.54, 1.807) is 0 Å². The Kier molecular flexibility index (Phi) is 3.93. The topological polar surface area (TPSA) is 69.1 Å². The highest BCUT2D eigenvalue weighted by Gasteiger charge is 2.34. The molecule has 3 heteroatoms. The van der Waals surface area contributed by atoms with Gasteiger partial charge in [0.1, 0.15) is 0 Å². The summed E-state index contributed by atoms with van der Waals surface area (Å²) < 4.78 is 0. The van der Waals surface area contributed by atoms with Crippen LogP contribution in [0.5, 0.6) is 0 Å². The Balaban J connectivity index is 2.62. The van der Waals surface area contributed by atoms with E-state index in [1.807, 2.05) is 6.92 Å². The van der Waals surface area contributed by atoms with Crippen molar-refractivity contribution in [3.63, 3.8) is 0 Å². The van der Waals surface area contributed by atoms with Crippen molar-refractivity contribution in [2.24, 2.45) is 17.4 Å². The molecule has 3 nitrogen and oxygen atoms in total. The smallest absolute Gasteiger partial charge is 0.222 e. The average Bonchev–Trinajstić information content (AvgIpc) is 2.10. The average molecular weight is 198 g/mol. The molecular weight excluding hydrogens is 176 g/mol. The van der Waals surface area contributed by atoms with Crippen LogP contribution in [0.15, 0.2) is 0 Å². The molecule has 1 aliphatic carbocycles. The summed E-state index contributed by atoms with van der Waals surface area (Å²) in [6.45, 7) is 1.87. The van der Waals surface area contributed by atoms with Crippen LogP contribution in [0.25, 0.3) is 0 Å². The van der Waals surface area contributed by atoms with Crippen LogP contribution in [0.4, 0.5) is 0 Å². The lowest BCUT2D eigenvalue weighted by atomic mass is 9.76. The summed E-state index contributed by atoms with van der Waals surface area (Å²) in [6.07, 6.45) is 7.94. The quantitative estimate of drug-likeness (QED) is 0.706. The molecule has 0 aliphatic heterocycles. The summed E-state index contributed by atoms with van der Waals surface area (Å²) >= 11 is 0. The number of carbonyl (C=O) groups is 1. The van der Waals surface area contributed by atoms with Gasteiger partial charge in [-0.3, -0.25) is 4.79 Å². The predicted molar refractivity (Wildman–Crippen MR) is 57.6 cm³/mol. The highest BCUT2D eigenvalue weighted by atomic mass is 16.1. The molecule has 1 unspecified atom stereocenters. The zero-order valence-corrected chi connectivity index (χ0v) is 9.09. The Bertz CT molecular complexity index is 195. The molecule has 1 amide bonds. The Morgan fingerprint density at radius 2 is 1.57 bits per heavy atom. The lowest BCUT2D eigenvalue weighted by Gasteiger charge is -2.35. The predicted octanol–water partition coefficient (Wildman–Crippen LogP) is 1.55. The van der Waals surface area contributed by atoms with Crippen molar-refractivity contribution < 1.29 is 4.79 Å². The number of hydrogen-bond donors (Lipinski definition) is 2. The molecule has 0 aromatic rings. The van der Waals surface area contributed by atoms with E-state index in [-0.39, 0.29) is 17.4 Å². The zero-order chi connectivity index (χ0) is 10.6. The zero-order valence-electron chi connectivity index (χ0n) is 9.09. The molecule has 14 heavy (non-hydrogen) atoms. The van der Waals surface area contributed by atoms with Crippen molar-refractivity contribution in [3.8, 4) is 0 Å². The monoisotopic (exact) mass is 198 g/mol. The van der Waals surface area contributed by atoms with Gasteiger partial charge in [0.15, 0.2) is 0 Å². The van der Waals surface area contributed by atoms with Gasteiger partial charge in [-0.15, -0.1) is 0 Å². The first-order valence-corrected chi connectivity index (χ1v) is 5.64. The minimum Gasteiger partial charge on any atom is -0.369 e. The van der Waals surface area contributed by atoms with Gasteiger partial charge >= 0.3 is 0 Å². The number of carbonyl (C=O) groups excluding carboxylic acids is 1. The highest BCUT2D eigenvalue weighted by Crippen LogP contribution is 2.30. The maximum Gasteiger partial charge on any atom is 0.222 e. The molecule has 1 saturated carbocycles. The van der Waals surface area contributed by atoms with E-state index >= 15 is 0 Å². The summed E-state index contributed by atoms with van der Waals surface area (Å²) in [4.78, 5) is 11.1. The molecule has 1 atom stereocenters. The van der Waals surface area contributed by atoms with Crippen molar-refractivity contribution in [3.05, 3.63) is 0 Å². The van der Waals surface area contributed by atoms with E-state index in [4.69, 9.17) is 11.5 Å². The van der Waals surface area contributed by atoms with E-state index < -0.39 is 0 Å². The van der Waals surface area contributed by atoms with Crippen molar-refractivity contribution in [1.29, 1.82) is 0 Å². The summed E-state index contributed by atoms with van der Waals surface area (Å²) in [5, 5.41) is 0. The molecule has 4 N–H and O–H groups in total. The molecule has 0 aromatic heterocycles. The maximum atomic E-state index is 11.1. The van der Waals surface area contributed by atoms with Gasteiger partial charge in [-0.25, -0.2) is 0 Å². The van der Waals surface area contributed by atoms with Crippen LogP contribution in [-0.4, -0.2) is 11.4 Å². The normalized spacial score (nSPS) is 24.7. The van der Waals surface area contributed by atoms with Gasteiger partial charge in [0.2, 0.25) is 5.91 Å². The van der Waals surface area contributed by atoms with Crippen LogP contribution in [0.2, 0.25) is 0 Å². The Morgan fingerprint density at radius 1 is 1.14 bits per heavy atom. The van der Waals surface area contributed by atoms with Gasteiger partial charge in [-0.1, -0.05) is 39.0 Å². The third kappa shape index (κ3) is 2.71. The molecule has 0 aromatic carbocycles. The first-order chi connectivity index (χ1) is 6.56. The minimum absolute atomic E-state index is 0.194. The number of nitrogens with two attached hydrogens (primary N) is 2. The van der Waals surface area contributed by atoms with Crippen molar-refractivity contribution >= 4 is 5.91 Å². The first-order valence-electron chi connectivity index (χ1n) is 5.64. The fraction of sp³-hybridized carbons (Fsp3) is 0.909. The Hall–Kier alpha value is -0.570. The summed E-state index contributed by atoms with van der Waals surface area (Å²) in [5.74, 6) is -0.450. The van der Waals surface area contributed by atoms with Gasteiger partial charge in [0.05, 0.1) is 5.92 Å². The van der Waals surface area contributed by atoms with Gasteiger partial charge in [0.25, 0.3) is 0 Å². The highest BCUT2D eigenvalue weighted by molar-refractivity contribution is 5.77. The van der Waals surface area contributed by atoms with Crippen molar-refractivity contribution in [2.75, 3.05) is 0 Å². The number of rotatable bonds is 2. The van der Waals surface area contributed by atoms with E-state index in [1.165, 1.54) is 19.3 Å². The second-order valence-electron chi connectivity index (χ2n) is 4.62. The lowest BCUT2D eigenvalue weighted by molar-refractivity contribution is -0.123. The fourth-order valence-electron chi connectivity index (χ4n) is 2.28. The maximum absolute atomic E-state index is 11.1. The van der Waals surface area contributed by atoms with E-state index in [0.717, 1.165) is 25.7 Å². The Morgan fingerprint density at radius 3 is 2.00 bits per heavy atom. The molecule has 0 saturated heterocycles. The molecule has 0 bridgehead atoms. The largest absolute Gasteiger partial charge is 0.369 e. The first kappa shape index (κ1) is 11.5. The molecule has 1 rings (SSSR count). The number of amides is 1. The summed E-state index contributed by atoms with van der Waals surface area (Å²) in [5.41, 5.74) is 11.3. The molecule has 0 spiro atoms. The number of hydrogen-bond acceptors (Lipinski definition) is 2. The van der Waals surface area contributed by atoms with Crippen molar-refractivity contribution in [1.82, 2.24) is 0 Å². The molecule has 1 fully saturated rings. The van der Waals surface area contributed by atoms with Crippen LogP contribution < -0.4 is 11.5 Å². The standard InChI is InChI=1S/C11H22N2O/c1-9(10(12)14)11(13)7-5-3-2-4-6-8-11/h9H,2-8,13H2,1H3,(H2,12,14). The fourth-order valence-corrected chi connectivity index (χ4v) is 2.28. The van der Waals surface area contributed by atoms with E-state index in [0.29, 0.717) is 0 Å².